The summed E-state index contributed by atoms with van der Waals surface area (Å²) in [6.07, 6.45) is 0.590. The summed E-state index contributed by atoms with van der Waals surface area (Å²) in [4.78, 5) is 25.1. The zero-order valence-corrected chi connectivity index (χ0v) is 5.20. The van der Waals surface area contributed by atoms with Gasteiger partial charge in [0.25, 0.3) is 5.91 Å². The smallest absolute Gasteiger partial charge is 0.257 e. The van der Waals surface area contributed by atoms with Crippen LogP contribution in [0.1, 0.15) is 6.42 Å². The van der Waals surface area contributed by atoms with Crippen LogP contribution in [0.25, 0.3) is 0 Å². The van der Waals surface area contributed by atoms with Crippen LogP contribution in [0, 0.1) is 11.8 Å². The molecule has 3 aliphatic rings. The molecule has 0 saturated heterocycles. The molecule has 2 heterocycles. The van der Waals surface area contributed by atoms with E-state index in [1.165, 1.54) is 0 Å². The lowest BCUT2D eigenvalue weighted by Gasteiger charge is -2.34. The number of Topliss-reactive ketones (excluding diaryl/α,β-unsaturated/α-hetero) is 1. The Labute approximate surface area is 57.1 Å². The maximum atomic E-state index is 10.9. The number of carbonyl (C=O) groups excluding carboxylic acids is 2. The lowest BCUT2D eigenvalue weighted by atomic mass is 9.70. The molecular weight excluding hydrogens is 132 g/mol. The summed E-state index contributed by atoms with van der Waals surface area (Å²) in [5.41, 5.74) is 5.31. The Bertz CT molecular complexity index is 256. The van der Waals surface area contributed by atoms with Crippen molar-refractivity contribution in [1.29, 1.82) is 0 Å². The van der Waals surface area contributed by atoms with Gasteiger partial charge in [0.15, 0.2) is 5.78 Å². The summed E-state index contributed by atoms with van der Waals surface area (Å²) in [5.74, 6) is -0.875. The number of hydrogen-bond donors (Lipinski definition) is 1. The van der Waals surface area contributed by atoms with Gasteiger partial charge in [-0.2, -0.15) is 4.99 Å². The van der Waals surface area contributed by atoms with Gasteiger partial charge in [-0.25, -0.2) is 0 Å². The van der Waals surface area contributed by atoms with Crippen molar-refractivity contribution in [3.63, 3.8) is 0 Å². The lowest BCUT2D eigenvalue weighted by Crippen LogP contribution is -2.52. The van der Waals surface area contributed by atoms with E-state index in [0.29, 0.717) is 6.42 Å². The van der Waals surface area contributed by atoms with Gasteiger partial charge in [0.2, 0.25) is 0 Å². The lowest BCUT2D eigenvalue weighted by molar-refractivity contribution is -0.142. The first kappa shape index (κ1) is 5.58. The maximum absolute atomic E-state index is 10.9. The highest BCUT2D eigenvalue weighted by molar-refractivity contribution is 6.23. The number of amidine groups is 1. The van der Waals surface area contributed by atoms with Crippen molar-refractivity contribution < 1.29 is 9.59 Å². The highest BCUT2D eigenvalue weighted by atomic mass is 16.2. The number of ketones is 1. The molecule has 2 aliphatic heterocycles. The van der Waals surface area contributed by atoms with E-state index in [9.17, 15) is 9.59 Å². The first-order valence-electron chi connectivity index (χ1n) is 3.12. The van der Waals surface area contributed by atoms with Gasteiger partial charge in [0.05, 0.1) is 5.92 Å². The normalized spacial score (nSPS) is 37.0. The third kappa shape index (κ3) is 0.442. The topological polar surface area (TPSA) is 72.5 Å². The number of rotatable bonds is 0. The number of hydrogen-bond acceptors (Lipinski definition) is 3. The van der Waals surface area contributed by atoms with Gasteiger partial charge in [-0.3, -0.25) is 9.59 Å². The number of nitrogens with zero attached hydrogens (tertiary/aromatic N) is 1. The predicted molar refractivity (Wildman–Crippen MR) is 33.2 cm³/mol. The second-order valence-corrected chi connectivity index (χ2v) is 2.62. The molecule has 3 rings (SSSR count). The minimum Gasteiger partial charge on any atom is -0.386 e. The maximum Gasteiger partial charge on any atom is 0.257 e. The van der Waals surface area contributed by atoms with E-state index < -0.39 is 5.92 Å². The van der Waals surface area contributed by atoms with Gasteiger partial charge in [-0.15, -0.1) is 0 Å². The molecule has 4 nitrogen and oxygen atoms in total. The first-order chi connectivity index (χ1) is 4.70. The van der Waals surface area contributed by atoms with Crippen LogP contribution in [0.3, 0.4) is 0 Å². The van der Waals surface area contributed by atoms with Gasteiger partial charge in [0.1, 0.15) is 11.8 Å². The predicted octanol–water partition coefficient (Wildman–Crippen LogP) is -0.911. The Hall–Kier alpha value is -1.19. The van der Waals surface area contributed by atoms with Gasteiger partial charge >= 0.3 is 0 Å². The van der Waals surface area contributed by atoms with Gasteiger partial charge in [-0.1, -0.05) is 0 Å². The number of nitrogens with two attached hydrogens (primary N) is 1. The molecule has 2 bridgehead atoms. The van der Waals surface area contributed by atoms with E-state index in [1.54, 1.807) is 0 Å². The number of fused-ring (bicyclic) bond motifs is 1. The number of aliphatic imine (C=N–C) groups is 1. The molecule has 1 aliphatic carbocycles. The van der Waals surface area contributed by atoms with E-state index >= 15 is 0 Å². The van der Waals surface area contributed by atoms with Crippen LogP contribution in [-0.2, 0) is 9.59 Å². The monoisotopic (exact) mass is 138 g/mol. The molecule has 2 atom stereocenters. The summed E-state index contributed by atoms with van der Waals surface area (Å²) in [6.45, 7) is 0. The molecule has 1 fully saturated rings. The summed E-state index contributed by atoms with van der Waals surface area (Å²) < 4.78 is 0. The third-order valence-electron chi connectivity index (χ3n) is 2.05. The molecule has 0 radical (unpaired) electrons. The molecule has 2 unspecified atom stereocenters. The quantitative estimate of drug-likeness (QED) is 0.440. The minimum atomic E-state index is -0.447. The zero-order chi connectivity index (χ0) is 7.30. The van der Waals surface area contributed by atoms with Crippen LogP contribution < -0.4 is 5.73 Å². The molecular formula is C6H6N2O2. The van der Waals surface area contributed by atoms with Crippen molar-refractivity contribution >= 4 is 17.5 Å². The van der Waals surface area contributed by atoms with Crippen molar-refractivity contribution in [3.05, 3.63) is 0 Å². The molecule has 1 amide bonds. The molecule has 1 saturated carbocycles. The average Bonchev–Trinajstić information content (AvgIpc) is 1.83. The van der Waals surface area contributed by atoms with Crippen molar-refractivity contribution in [3.8, 4) is 0 Å². The summed E-state index contributed by atoms with van der Waals surface area (Å²) in [7, 11) is 0. The molecule has 0 spiro atoms. The van der Waals surface area contributed by atoms with Crippen LogP contribution in [0.15, 0.2) is 4.99 Å². The SMILES string of the molecule is NC1=NC(=O)C2CC1C2=O. The van der Waals surface area contributed by atoms with Crippen molar-refractivity contribution in [1.82, 2.24) is 0 Å². The Morgan fingerprint density at radius 2 is 2.10 bits per heavy atom. The van der Waals surface area contributed by atoms with E-state index in [2.05, 4.69) is 4.99 Å². The Morgan fingerprint density at radius 1 is 1.40 bits per heavy atom. The second kappa shape index (κ2) is 1.45. The Kier molecular flexibility index (Phi) is 0.809. The van der Waals surface area contributed by atoms with E-state index in [4.69, 9.17) is 5.73 Å². The van der Waals surface area contributed by atoms with Crippen LogP contribution in [0.4, 0.5) is 0 Å². The van der Waals surface area contributed by atoms with Crippen LogP contribution in [0.2, 0.25) is 0 Å². The fourth-order valence-electron chi connectivity index (χ4n) is 1.32. The van der Waals surface area contributed by atoms with Crippen LogP contribution in [-0.4, -0.2) is 17.5 Å². The first-order valence-corrected chi connectivity index (χ1v) is 3.12. The molecule has 0 aromatic heterocycles. The van der Waals surface area contributed by atoms with Crippen molar-refractivity contribution in [2.45, 2.75) is 6.42 Å². The van der Waals surface area contributed by atoms with E-state index in [1.807, 2.05) is 0 Å². The van der Waals surface area contributed by atoms with Gasteiger partial charge < -0.3 is 5.73 Å². The molecule has 0 aromatic rings. The summed E-state index contributed by atoms with van der Waals surface area (Å²) in [5, 5.41) is 0. The molecule has 52 valence electrons. The van der Waals surface area contributed by atoms with E-state index in [0.717, 1.165) is 0 Å². The van der Waals surface area contributed by atoms with Gasteiger partial charge in [0, 0.05) is 0 Å². The zero-order valence-electron chi connectivity index (χ0n) is 5.20. The van der Waals surface area contributed by atoms with Gasteiger partial charge in [-0.05, 0) is 6.42 Å². The van der Waals surface area contributed by atoms with Crippen LogP contribution >= 0.6 is 0 Å². The Morgan fingerprint density at radius 3 is 2.50 bits per heavy atom. The van der Waals surface area contributed by atoms with Crippen molar-refractivity contribution in [2.24, 2.45) is 22.6 Å². The molecule has 2 N–H and O–H groups in total. The Balaban J connectivity index is 2.44. The molecule has 0 aromatic carbocycles. The largest absolute Gasteiger partial charge is 0.386 e. The number of amides is 1. The average molecular weight is 138 g/mol. The molecule has 10 heavy (non-hydrogen) atoms. The second-order valence-electron chi connectivity index (χ2n) is 2.62. The van der Waals surface area contributed by atoms with E-state index in [-0.39, 0.29) is 23.4 Å². The standard InChI is InChI=1S/C6H6N2O2/c7-5-2-1-3(4(2)9)6(10)8-5/h2-3H,1H2,(H2,7,8,10). The highest BCUT2D eigenvalue weighted by Gasteiger charge is 2.49. The molecule has 4 heteroatoms. The van der Waals surface area contributed by atoms with Crippen LogP contribution in [0.5, 0.6) is 0 Å². The van der Waals surface area contributed by atoms with Crippen molar-refractivity contribution in [2.75, 3.05) is 0 Å². The summed E-state index contributed by atoms with van der Waals surface area (Å²) in [6, 6.07) is 0. The highest BCUT2D eigenvalue weighted by Crippen LogP contribution is 2.34. The number of carbonyl (C=O) groups is 2. The third-order valence-corrected chi connectivity index (χ3v) is 2.05. The minimum absolute atomic E-state index is 0.0440. The summed E-state index contributed by atoms with van der Waals surface area (Å²) >= 11 is 0. The fraction of sp³-hybridized carbons (Fsp3) is 0.500. The fourth-order valence-corrected chi connectivity index (χ4v) is 1.32.